The Hall–Kier alpha value is -1.59. The van der Waals surface area contributed by atoms with Gasteiger partial charge in [0, 0.05) is 45.6 Å². The van der Waals surface area contributed by atoms with Gasteiger partial charge in [0.2, 0.25) is 0 Å². The number of likely N-dealkylation sites (tertiary alicyclic amines) is 1. The molecule has 6 heteroatoms. The van der Waals surface area contributed by atoms with E-state index in [1.54, 1.807) is 0 Å². The second-order valence-corrected chi connectivity index (χ2v) is 8.21. The number of aliphatic imine (C=N–C) groups is 1. The van der Waals surface area contributed by atoms with Crippen molar-refractivity contribution in [3.05, 3.63) is 11.6 Å². The summed E-state index contributed by atoms with van der Waals surface area (Å²) >= 11 is 0. The van der Waals surface area contributed by atoms with Crippen molar-refractivity contribution < 1.29 is 0 Å². The highest BCUT2D eigenvalue weighted by Gasteiger charge is 2.25. The zero-order valence-corrected chi connectivity index (χ0v) is 16.9. The molecule has 6 nitrogen and oxygen atoms in total. The van der Waals surface area contributed by atoms with Crippen LogP contribution in [-0.4, -0.2) is 51.8 Å². The van der Waals surface area contributed by atoms with Crippen LogP contribution >= 0.6 is 0 Å². The van der Waals surface area contributed by atoms with Gasteiger partial charge in [-0.3, -0.25) is 4.99 Å². The number of aromatic nitrogens is 3. The van der Waals surface area contributed by atoms with Crippen LogP contribution in [0.3, 0.4) is 0 Å². The number of nitrogens with zero attached hydrogens (tertiary/aromatic N) is 5. The van der Waals surface area contributed by atoms with Gasteiger partial charge in [0.05, 0.1) is 0 Å². The van der Waals surface area contributed by atoms with Crippen molar-refractivity contribution in [2.75, 3.05) is 26.2 Å². The average Bonchev–Trinajstić information content (AvgIpc) is 3.14. The van der Waals surface area contributed by atoms with Crippen molar-refractivity contribution in [3.63, 3.8) is 0 Å². The van der Waals surface area contributed by atoms with Gasteiger partial charge in [-0.15, -0.1) is 10.2 Å². The summed E-state index contributed by atoms with van der Waals surface area (Å²) in [5.41, 5.74) is 0. The van der Waals surface area contributed by atoms with Crippen molar-refractivity contribution in [1.29, 1.82) is 0 Å². The van der Waals surface area contributed by atoms with Crippen LogP contribution in [0.25, 0.3) is 0 Å². The molecule has 1 atom stereocenters. The lowest BCUT2D eigenvalue weighted by atomic mass is 9.97. The lowest BCUT2D eigenvalue weighted by molar-refractivity contribution is 0.403. The van der Waals surface area contributed by atoms with E-state index in [4.69, 9.17) is 4.99 Å². The van der Waals surface area contributed by atoms with Gasteiger partial charge in [-0.05, 0) is 44.4 Å². The molecule has 0 aliphatic carbocycles. The van der Waals surface area contributed by atoms with Gasteiger partial charge < -0.3 is 14.8 Å². The maximum atomic E-state index is 4.91. The van der Waals surface area contributed by atoms with Crippen LogP contribution in [0.5, 0.6) is 0 Å². The van der Waals surface area contributed by atoms with Gasteiger partial charge >= 0.3 is 0 Å². The van der Waals surface area contributed by atoms with Gasteiger partial charge in [0.15, 0.2) is 5.96 Å². The topological polar surface area (TPSA) is 58.3 Å². The van der Waals surface area contributed by atoms with Crippen molar-refractivity contribution >= 4 is 5.96 Å². The number of aryl methyl sites for hydroxylation is 1. The number of hydrogen-bond acceptors (Lipinski definition) is 3. The van der Waals surface area contributed by atoms with Crippen LogP contribution in [0.4, 0.5) is 0 Å². The number of fused-ring (bicyclic) bond motifs is 1. The predicted octanol–water partition coefficient (Wildman–Crippen LogP) is 2.88. The Morgan fingerprint density at radius 1 is 1.23 bits per heavy atom. The Kier molecular flexibility index (Phi) is 6.92. The van der Waals surface area contributed by atoms with Gasteiger partial charge in [-0.2, -0.15) is 0 Å². The molecule has 0 bridgehead atoms. The molecule has 1 saturated heterocycles. The number of rotatable bonds is 6. The molecule has 3 heterocycles. The van der Waals surface area contributed by atoms with Gasteiger partial charge in [0.25, 0.3) is 0 Å². The highest BCUT2D eigenvalue weighted by Crippen LogP contribution is 2.23. The Balaban J connectivity index is 1.57. The fourth-order valence-electron chi connectivity index (χ4n) is 4.30. The third kappa shape index (κ3) is 4.98. The SMILES string of the molecule is CCNC(=NCCc1nnc2n1CCCCC2)N1CCC(CC(C)C)C1. The van der Waals surface area contributed by atoms with Crippen molar-refractivity contribution in [2.24, 2.45) is 16.8 Å². The van der Waals surface area contributed by atoms with E-state index in [0.29, 0.717) is 0 Å². The van der Waals surface area contributed by atoms with E-state index in [1.807, 2.05) is 0 Å². The van der Waals surface area contributed by atoms with Crippen LogP contribution in [0.2, 0.25) is 0 Å². The van der Waals surface area contributed by atoms with E-state index >= 15 is 0 Å². The van der Waals surface area contributed by atoms with Gasteiger partial charge in [-0.25, -0.2) is 0 Å². The second-order valence-electron chi connectivity index (χ2n) is 8.21. The first-order chi connectivity index (χ1) is 12.7. The molecular formula is C20H36N6. The first kappa shape index (κ1) is 19.2. The predicted molar refractivity (Wildman–Crippen MR) is 106 cm³/mol. The summed E-state index contributed by atoms with van der Waals surface area (Å²) in [5.74, 6) is 4.95. The summed E-state index contributed by atoms with van der Waals surface area (Å²) in [5, 5.41) is 12.3. The number of hydrogen-bond donors (Lipinski definition) is 1. The van der Waals surface area contributed by atoms with Crippen LogP contribution in [-0.2, 0) is 19.4 Å². The summed E-state index contributed by atoms with van der Waals surface area (Å²) in [6.07, 6.45) is 8.36. The average molecular weight is 361 g/mol. The third-order valence-corrected chi connectivity index (χ3v) is 5.51. The smallest absolute Gasteiger partial charge is 0.193 e. The molecule has 2 aliphatic rings. The minimum absolute atomic E-state index is 0.780. The molecule has 1 unspecified atom stereocenters. The summed E-state index contributed by atoms with van der Waals surface area (Å²) in [7, 11) is 0. The second kappa shape index (κ2) is 9.38. The normalized spacial score (nSPS) is 21.2. The number of nitrogens with one attached hydrogen (secondary N) is 1. The summed E-state index contributed by atoms with van der Waals surface area (Å²) in [6.45, 7) is 11.8. The van der Waals surface area contributed by atoms with E-state index in [1.165, 1.54) is 37.9 Å². The van der Waals surface area contributed by atoms with Gasteiger partial charge in [0.1, 0.15) is 11.6 Å². The molecule has 0 aromatic carbocycles. The highest BCUT2D eigenvalue weighted by atomic mass is 15.3. The lowest BCUT2D eigenvalue weighted by Crippen LogP contribution is -2.40. The molecular weight excluding hydrogens is 324 g/mol. The fourth-order valence-corrected chi connectivity index (χ4v) is 4.30. The monoisotopic (exact) mass is 360 g/mol. The molecule has 3 rings (SSSR count). The lowest BCUT2D eigenvalue weighted by Gasteiger charge is -2.22. The Bertz CT molecular complexity index is 591. The van der Waals surface area contributed by atoms with Crippen LogP contribution in [0, 0.1) is 11.8 Å². The molecule has 1 aromatic rings. The van der Waals surface area contributed by atoms with E-state index in [-0.39, 0.29) is 0 Å². The quantitative estimate of drug-likeness (QED) is 0.626. The molecule has 1 aromatic heterocycles. The molecule has 1 fully saturated rings. The minimum Gasteiger partial charge on any atom is -0.357 e. The molecule has 2 aliphatic heterocycles. The highest BCUT2D eigenvalue weighted by molar-refractivity contribution is 5.80. The molecule has 0 saturated carbocycles. The summed E-state index contributed by atoms with van der Waals surface area (Å²) < 4.78 is 2.34. The van der Waals surface area contributed by atoms with E-state index in [2.05, 4.69) is 45.8 Å². The first-order valence-electron chi connectivity index (χ1n) is 10.6. The third-order valence-electron chi connectivity index (χ3n) is 5.51. The van der Waals surface area contributed by atoms with Crippen molar-refractivity contribution in [2.45, 2.75) is 72.3 Å². The molecule has 26 heavy (non-hydrogen) atoms. The van der Waals surface area contributed by atoms with E-state index < -0.39 is 0 Å². The minimum atomic E-state index is 0.780. The molecule has 0 radical (unpaired) electrons. The van der Waals surface area contributed by atoms with Crippen molar-refractivity contribution in [3.8, 4) is 0 Å². The van der Waals surface area contributed by atoms with Crippen LogP contribution < -0.4 is 5.32 Å². The van der Waals surface area contributed by atoms with E-state index in [0.717, 1.165) is 69.2 Å². The largest absolute Gasteiger partial charge is 0.357 e. The Labute approximate surface area is 158 Å². The van der Waals surface area contributed by atoms with Crippen LogP contribution in [0.15, 0.2) is 4.99 Å². The van der Waals surface area contributed by atoms with E-state index in [9.17, 15) is 0 Å². The van der Waals surface area contributed by atoms with Gasteiger partial charge in [-0.1, -0.05) is 20.3 Å². The zero-order valence-electron chi connectivity index (χ0n) is 16.9. The summed E-state index contributed by atoms with van der Waals surface area (Å²) in [6, 6.07) is 0. The van der Waals surface area contributed by atoms with Crippen LogP contribution in [0.1, 0.15) is 64.5 Å². The fraction of sp³-hybridized carbons (Fsp3) is 0.850. The molecule has 1 N–H and O–H groups in total. The maximum Gasteiger partial charge on any atom is 0.193 e. The zero-order chi connectivity index (χ0) is 18.4. The Morgan fingerprint density at radius 3 is 2.92 bits per heavy atom. The molecule has 0 amide bonds. The summed E-state index contributed by atoms with van der Waals surface area (Å²) in [4.78, 5) is 7.35. The number of guanidine groups is 1. The Morgan fingerprint density at radius 2 is 2.12 bits per heavy atom. The standard InChI is InChI=1S/C20H36N6/c1-4-21-20(25-13-10-17(15-25)14-16(2)3)22-11-9-19-24-23-18-8-6-5-7-12-26(18)19/h16-17H,4-15H2,1-3H3,(H,21,22). The molecule has 146 valence electrons. The maximum absolute atomic E-state index is 4.91. The van der Waals surface area contributed by atoms with Crippen molar-refractivity contribution in [1.82, 2.24) is 25.0 Å². The first-order valence-corrected chi connectivity index (χ1v) is 10.6. The molecule has 0 spiro atoms.